The Balaban J connectivity index is 2.08. The van der Waals surface area contributed by atoms with Gasteiger partial charge in [0.25, 0.3) is 0 Å². The average molecular weight is 257 g/mol. The van der Waals surface area contributed by atoms with Crippen LogP contribution < -0.4 is 5.73 Å². The van der Waals surface area contributed by atoms with Crippen molar-refractivity contribution < 1.29 is 0 Å². The highest BCUT2D eigenvalue weighted by atomic mass is 32.2. The maximum absolute atomic E-state index is 6.18. The van der Waals surface area contributed by atoms with Crippen molar-refractivity contribution in [3.05, 3.63) is 36.9 Å². The number of pyridine rings is 1. The number of hydrogen-bond donors (Lipinski definition) is 1. The molecule has 5 nitrogen and oxygen atoms in total. The van der Waals surface area contributed by atoms with Gasteiger partial charge in [0.2, 0.25) is 0 Å². The fourth-order valence-corrected chi connectivity index (χ4v) is 2.56. The van der Waals surface area contributed by atoms with Crippen molar-refractivity contribution in [2.45, 2.75) is 10.1 Å². The van der Waals surface area contributed by atoms with E-state index in [0.29, 0.717) is 0 Å². The molecule has 2 heterocycles. The van der Waals surface area contributed by atoms with Crippen LogP contribution in [0.2, 0.25) is 0 Å². The molecule has 0 amide bonds. The molecule has 0 atom stereocenters. The number of hydrogen-bond acceptors (Lipinski definition) is 5. The summed E-state index contributed by atoms with van der Waals surface area (Å²) < 4.78 is 1.86. The van der Waals surface area contributed by atoms with Crippen molar-refractivity contribution in [2.24, 2.45) is 7.05 Å². The van der Waals surface area contributed by atoms with E-state index in [-0.39, 0.29) is 0 Å². The van der Waals surface area contributed by atoms with Gasteiger partial charge < -0.3 is 10.3 Å². The quantitative estimate of drug-likeness (QED) is 0.712. The van der Waals surface area contributed by atoms with Gasteiger partial charge in [-0.15, -0.1) is 10.2 Å². The molecule has 3 aromatic rings. The first-order valence-corrected chi connectivity index (χ1v) is 6.21. The van der Waals surface area contributed by atoms with Gasteiger partial charge in [0.15, 0.2) is 5.16 Å². The predicted molar refractivity (Wildman–Crippen MR) is 71.3 cm³/mol. The van der Waals surface area contributed by atoms with E-state index in [1.165, 1.54) is 11.8 Å². The van der Waals surface area contributed by atoms with E-state index in [1.54, 1.807) is 12.5 Å². The number of aryl methyl sites for hydroxylation is 1. The minimum absolute atomic E-state index is 0.753. The van der Waals surface area contributed by atoms with Gasteiger partial charge in [-0.1, -0.05) is 6.07 Å². The number of aromatic nitrogens is 4. The second-order valence-electron chi connectivity index (χ2n) is 3.90. The maximum atomic E-state index is 6.18. The molecule has 2 N–H and O–H groups in total. The molecule has 1 aromatic carbocycles. The number of nitrogens with two attached hydrogens (primary N) is 1. The van der Waals surface area contributed by atoms with Crippen LogP contribution in [0, 0.1) is 0 Å². The van der Waals surface area contributed by atoms with Crippen LogP contribution in [-0.2, 0) is 7.05 Å². The van der Waals surface area contributed by atoms with E-state index in [2.05, 4.69) is 15.2 Å². The van der Waals surface area contributed by atoms with Crippen molar-refractivity contribution in [1.82, 2.24) is 19.7 Å². The molecule has 0 unspecified atom stereocenters. The van der Waals surface area contributed by atoms with Crippen LogP contribution in [0.1, 0.15) is 0 Å². The minimum atomic E-state index is 0.753. The molecule has 0 spiro atoms. The Morgan fingerprint density at radius 3 is 2.94 bits per heavy atom. The number of benzene rings is 1. The summed E-state index contributed by atoms with van der Waals surface area (Å²) in [6.45, 7) is 0. The molecular formula is C12H11N5S. The summed E-state index contributed by atoms with van der Waals surface area (Å²) in [5, 5.41) is 10.8. The highest BCUT2D eigenvalue weighted by molar-refractivity contribution is 7.99. The monoisotopic (exact) mass is 257 g/mol. The Morgan fingerprint density at radius 1 is 1.28 bits per heavy atom. The van der Waals surface area contributed by atoms with Crippen LogP contribution in [0.3, 0.4) is 0 Å². The molecule has 6 heteroatoms. The Kier molecular flexibility index (Phi) is 2.64. The van der Waals surface area contributed by atoms with Crippen LogP contribution in [0.25, 0.3) is 10.8 Å². The second kappa shape index (κ2) is 4.30. The zero-order valence-electron chi connectivity index (χ0n) is 9.74. The first-order chi connectivity index (χ1) is 8.75. The van der Waals surface area contributed by atoms with Gasteiger partial charge in [0.05, 0.1) is 5.69 Å². The molecule has 18 heavy (non-hydrogen) atoms. The molecule has 0 saturated carbocycles. The van der Waals surface area contributed by atoms with Crippen LogP contribution in [-0.4, -0.2) is 19.7 Å². The van der Waals surface area contributed by atoms with E-state index >= 15 is 0 Å². The fraction of sp³-hybridized carbons (Fsp3) is 0.0833. The summed E-state index contributed by atoms with van der Waals surface area (Å²) in [5.41, 5.74) is 6.93. The molecule has 3 rings (SSSR count). The molecule has 90 valence electrons. The summed E-state index contributed by atoms with van der Waals surface area (Å²) in [6, 6.07) is 5.92. The molecule has 0 aliphatic carbocycles. The van der Waals surface area contributed by atoms with Gasteiger partial charge in [0, 0.05) is 35.1 Å². The van der Waals surface area contributed by atoms with E-state index in [4.69, 9.17) is 5.73 Å². The summed E-state index contributed by atoms with van der Waals surface area (Å²) in [6.07, 6.45) is 5.22. The zero-order chi connectivity index (χ0) is 12.5. The Hall–Kier alpha value is -2.08. The van der Waals surface area contributed by atoms with Crippen molar-refractivity contribution in [1.29, 1.82) is 0 Å². The standard InChI is InChI=1S/C12H11N5S/c1-17-7-15-16-12(17)18-10-3-2-8-6-14-5-4-9(8)11(10)13/h2-7H,13H2,1H3. The third-order valence-electron chi connectivity index (χ3n) is 2.69. The van der Waals surface area contributed by atoms with Crippen molar-refractivity contribution >= 4 is 28.2 Å². The van der Waals surface area contributed by atoms with E-state index in [0.717, 1.165) is 26.5 Å². The largest absolute Gasteiger partial charge is 0.397 e. The average Bonchev–Trinajstić information content (AvgIpc) is 2.79. The Labute approximate surface area is 108 Å². The van der Waals surface area contributed by atoms with Crippen LogP contribution >= 0.6 is 11.8 Å². The summed E-state index contributed by atoms with van der Waals surface area (Å²) in [5.74, 6) is 0. The van der Waals surface area contributed by atoms with E-state index in [9.17, 15) is 0 Å². The van der Waals surface area contributed by atoms with Crippen LogP contribution in [0.15, 0.2) is 47.0 Å². The smallest absolute Gasteiger partial charge is 0.195 e. The molecule has 0 aliphatic heterocycles. The normalized spacial score (nSPS) is 10.9. The van der Waals surface area contributed by atoms with Crippen molar-refractivity contribution in [3.8, 4) is 0 Å². The second-order valence-corrected chi connectivity index (χ2v) is 4.91. The maximum Gasteiger partial charge on any atom is 0.195 e. The molecule has 0 fully saturated rings. The van der Waals surface area contributed by atoms with Gasteiger partial charge in [-0.2, -0.15) is 0 Å². The highest BCUT2D eigenvalue weighted by Gasteiger charge is 2.09. The molecule has 0 radical (unpaired) electrons. The topological polar surface area (TPSA) is 69.6 Å². The van der Waals surface area contributed by atoms with Crippen LogP contribution in [0.5, 0.6) is 0 Å². The number of rotatable bonds is 2. The summed E-state index contributed by atoms with van der Waals surface area (Å²) in [4.78, 5) is 5.06. The Morgan fingerprint density at radius 2 is 2.17 bits per heavy atom. The number of nitrogen functional groups attached to an aromatic ring is 1. The number of nitrogens with zero attached hydrogens (tertiary/aromatic N) is 4. The molecular weight excluding hydrogens is 246 g/mol. The lowest BCUT2D eigenvalue weighted by Crippen LogP contribution is -1.93. The minimum Gasteiger partial charge on any atom is -0.397 e. The highest BCUT2D eigenvalue weighted by Crippen LogP contribution is 2.34. The number of fused-ring (bicyclic) bond motifs is 1. The zero-order valence-corrected chi connectivity index (χ0v) is 10.6. The molecule has 0 bridgehead atoms. The summed E-state index contributed by atoms with van der Waals surface area (Å²) >= 11 is 1.51. The van der Waals surface area contributed by atoms with Gasteiger partial charge in [-0.25, -0.2) is 0 Å². The van der Waals surface area contributed by atoms with Gasteiger partial charge in [0.1, 0.15) is 6.33 Å². The number of anilines is 1. The molecule has 0 aliphatic rings. The van der Waals surface area contributed by atoms with Gasteiger partial charge in [-0.05, 0) is 23.9 Å². The lowest BCUT2D eigenvalue weighted by atomic mass is 10.1. The van der Waals surface area contributed by atoms with Crippen LogP contribution in [0.4, 0.5) is 5.69 Å². The molecule has 2 aromatic heterocycles. The summed E-state index contributed by atoms with van der Waals surface area (Å²) in [7, 11) is 1.91. The first-order valence-electron chi connectivity index (χ1n) is 5.40. The van der Waals surface area contributed by atoms with Gasteiger partial charge in [-0.3, -0.25) is 4.98 Å². The first kappa shape index (κ1) is 11.0. The lowest BCUT2D eigenvalue weighted by molar-refractivity contribution is 0.789. The third kappa shape index (κ3) is 1.80. The third-order valence-corrected chi connectivity index (χ3v) is 3.82. The fourth-order valence-electron chi connectivity index (χ4n) is 1.73. The Bertz CT molecular complexity index is 707. The SMILES string of the molecule is Cn1cnnc1Sc1ccc2cnccc2c1N. The van der Waals surface area contributed by atoms with Crippen molar-refractivity contribution in [3.63, 3.8) is 0 Å². The lowest BCUT2D eigenvalue weighted by Gasteiger charge is -2.07. The van der Waals surface area contributed by atoms with Gasteiger partial charge >= 0.3 is 0 Å². The van der Waals surface area contributed by atoms with Crippen molar-refractivity contribution in [2.75, 3.05) is 5.73 Å². The van der Waals surface area contributed by atoms with E-state index < -0.39 is 0 Å². The molecule has 0 saturated heterocycles. The van der Waals surface area contributed by atoms with E-state index in [1.807, 2.05) is 36.0 Å². The predicted octanol–water partition coefficient (Wildman–Crippen LogP) is 2.10.